The minimum absolute atomic E-state index is 0.0162. The van der Waals surface area contributed by atoms with E-state index in [1.54, 1.807) is 91.0 Å². The summed E-state index contributed by atoms with van der Waals surface area (Å²) in [5.74, 6) is -0.455. The summed E-state index contributed by atoms with van der Waals surface area (Å²) >= 11 is 5.94. The fourth-order valence-corrected chi connectivity index (χ4v) is 6.12. The van der Waals surface area contributed by atoms with E-state index in [2.05, 4.69) is 15.8 Å². The van der Waals surface area contributed by atoms with Crippen molar-refractivity contribution in [2.24, 2.45) is 5.10 Å². The van der Waals surface area contributed by atoms with Crippen LogP contribution in [0.1, 0.15) is 21.5 Å². The Morgan fingerprint density at radius 3 is 2.20 bits per heavy atom. The molecule has 46 heavy (non-hydrogen) atoms. The topological polar surface area (TPSA) is 117 Å². The molecule has 0 fully saturated rings. The van der Waals surface area contributed by atoms with Gasteiger partial charge in [-0.05, 0) is 77.9 Å². The highest BCUT2D eigenvalue weighted by Crippen LogP contribution is 2.29. The molecule has 0 unspecified atom stereocenters. The van der Waals surface area contributed by atoms with Crippen molar-refractivity contribution in [1.82, 2.24) is 5.43 Å². The zero-order valence-corrected chi connectivity index (χ0v) is 26.0. The molecule has 0 aromatic heterocycles. The number of anilines is 2. The molecule has 0 saturated carbocycles. The van der Waals surface area contributed by atoms with Gasteiger partial charge in [0.15, 0.2) is 6.61 Å². The fourth-order valence-electron chi connectivity index (χ4n) is 4.44. The molecule has 0 heterocycles. The number of ether oxygens (including phenoxy) is 1. The van der Waals surface area contributed by atoms with Crippen LogP contribution >= 0.6 is 11.6 Å². The second kappa shape index (κ2) is 15.0. The lowest BCUT2D eigenvalue weighted by Gasteiger charge is -2.26. The molecule has 5 rings (SSSR count). The van der Waals surface area contributed by atoms with Gasteiger partial charge in [0, 0.05) is 10.7 Å². The Labute approximate surface area is 272 Å². The zero-order chi connectivity index (χ0) is 32.4. The van der Waals surface area contributed by atoms with E-state index < -0.39 is 15.9 Å². The number of carbonyl (C=O) groups is 2. The number of hydrogen-bond donors (Lipinski definition) is 2. The quantitative estimate of drug-likeness (QED) is 0.118. The summed E-state index contributed by atoms with van der Waals surface area (Å²) in [7, 11) is -4.03. The van der Waals surface area contributed by atoms with Gasteiger partial charge in [0.2, 0.25) is 0 Å². The van der Waals surface area contributed by atoms with Gasteiger partial charge < -0.3 is 10.1 Å². The average molecular weight is 653 g/mol. The van der Waals surface area contributed by atoms with Crippen LogP contribution < -0.4 is 19.8 Å². The maximum absolute atomic E-state index is 13.8. The summed E-state index contributed by atoms with van der Waals surface area (Å²) in [6.07, 6.45) is 1.44. The smallest absolute Gasteiger partial charge is 0.273 e. The number of halogens is 1. The van der Waals surface area contributed by atoms with Crippen molar-refractivity contribution in [2.45, 2.75) is 11.4 Å². The summed E-state index contributed by atoms with van der Waals surface area (Å²) in [6.45, 7) is -0.182. The first-order valence-corrected chi connectivity index (χ1v) is 15.9. The standard InChI is InChI=1S/C35H29ClN4O5S/c36-28-12-9-13-29(22-28)38-34(41)25-45-30-20-18-26(19-21-30)23-37-39-35(42)32-16-7-8-17-33(32)40(24-27-10-3-1-4-11-27)46(43,44)31-14-5-2-6-15-31/h1-23H,24-25H2,(H,38,41)(H,39,42)/b37-23-. The van der Waals surface area contributed by atoms with Gasteiger partial charge in [-0.25, -0.2) is 13.8 Å². The Balaban J connectivity index is 1.26. The van der Waals surface area contributed by atoms with Gasteiger partial charge in [-0.3, -0.25) is 13.9 Å². The van der Waals surface area contributed by atoms with Crippen molar-refractivity contribution in [3.63, 3.8) is 0 Å². The predicted octanol–water partition coefficient (Wildman–Crippen LogP) is 6.52. The lowest BCUT2D eigenvalue weighted by molar-refractivity contribution is -0.118. The molecule has 5 aromatic rings. The maximum Gasteiger partial charge on any atom is 0.273 e. The maximum atomic E-state index is 13.8. The molecule has 0 atom stereocenters. The molecule has 0 bridgehead atoms. The van der Waals surface area contributed by atoms with Crippen LogP contribution in [0, 0.1) is 0 Å². The van der Waals surface area contributed by atoms with Gasteiger partial charge in [-0.15, -0.1) is 0 Å². The van der Waals surface area contributed by atoms with Crippen molar-refractivity contribution in [3.8, 4) is 5.75 Å². The molecule has 0 spiro atoms. The largest absolute Gasteiger partial charge is 0.484 e. The third-order valence-electron chi connectivity index (χ3n) is 6.66. The van der Waals surface area contributed by atoms with E-state index in [0.29, 0.717) is 22.0 Å². The van der Waals surface area contributed by atoms with Crippen LogP contribution in [0.15, 0.2) is 143 Å². The Hall–Kier alpha value is -5.45. The third kappa shape index (κ3) is 8.38. The van der Waals surface area contributed by atoms with Crippen molar-refractivity contribution >= 4 is 51.0 Å². The van der Waals surface area contributed by atoms with E-state index in [4.69, 9.17) is 16.3 Å². The number of hydrogen-bond acceptors (Lipinski definition) is 6. The second-order valence-electron chi connectivity index (χ2n) is 9.94. The van der Waals surface area contributed by atoms with E-state index in [-0.39, 0.29) is 35.2 Å². The summed E-state index contributed by atoms with van der Waals surface area (Å²) in [4.78, 5) is 25.6. The highest BCUT2D eigenvalue weighted by atomic mass is 35.5. The number of rotatable bonds is 12. The monoisotopic (exact) mass is 652 g/mol. The van der Waals surface area contributed by atoms with Crippen LogP contribution in [0.5, 0.6) is 5.75 Å². The Bertz CT molecular complexity index is 1940. The zero-order valence-electron chi connectivity index (χ0n) is 24.4. The fraction of sp³-hybridized carbons (Fsp3) is 0.0571. The first kappa shape index (κ1) is 32.0. The molecule has 0 aliphatic heterocycles. The SMILES string of the molecule is O=C(COc1ccc(/C=N\NC(=O)c2ccccc2N(Cc2ccccc2)S(=O)(=O)c2ccccc2)cc1)Nc1cccc(Cl)c1. The van der Waals surface area contributed by atoms with Crippen LogP contribution in [-0.2, 0) is 21.4 Å². The molecule has 9 nitrogen and oxygen atoms in total. The number of nitrogens with zero attached hydrogens (tertiary/aromatic N) is 2. The van der Waals surface area contributed by atoms with Crippen LogP contribution in [-0.4, -0.2) is 33.1 Å². The van der Waals surface area contributed by atoms with Crippen molar-refractivity contribution in [2.75, 3.05) is 16.2 Å². The molecule has 11 heteroatoms. The van der Waals surface area contributed by atoms with Crippen LogP contribution in [0.2, 0.25) is 5.02 Å². The number of carbonyl (C=O) groups excluding carboxylic acids is 2. The van der Waals surface area contributed by atoms with E-state index in [0.717, 1.165) is 5.56 Å². The molecule has 0 saturated heterocycles. The van der Waals surface area contributed by atoms with Gasteiger partial charge in [0.05, 0.1) is 28.9 Å². The number of sulfonamides is 1. The normalized spacial score (nSPS) is 11.2. The minimum Gasteiger partial charge on any atom is -0.484 e. The van der Waals surface area contributed by atoms with Crippen molar-refractivity contribution in [3.05, 3.63) is 155 Å². The van der Waals surface area contributed by atoms with Crippen LogP contribution in [0.4, 0.5) is 11.4 Å². The third-order valence-corrected chi connectivity index (χ3v) is 8.66. The molecule has 2 amide bonds. The average Bonchev–Trinajstić information content (AvgIpc) is 3.07. The first-order chi connectivity index (χ1) is 22.3. The van der Waals surface area contributed by atoms with Crippen LogP contribution in [0.25, 0.3) is 0 Å². The lowest BCUT2D eigenvalue weighted by Crippen LogP contribution is -2.33. The van der Waals surface area contributed by atoms with Crippen molar-refractivity contribution < 1.29 is 22.7 Å². The Morgan fingerprint density at radius 1 is 0.804 bits per heavy atom. The van der Waals surface area contributed by atoms with Crippen LogP contribution in [0.3, 0.4) is 0 Å². The number of para-hydroxylation sites is 1. The second-order valence-corrected chi connectivity index (χ2v) is 12.2. The molecular formula is C35H29ClN4O5S. The molecule has 0 aliphatic carbocycles. The Morgan fingerprint density at radius 2 is 1.48 bits per heavy atom. The molecular weight excluding hydrogens is 624 g/mol. The Kier molecular flexibility index (Phi) is 10.4. The van der Waals surface area contributed by atoms with E-state index in [1.807, 2.05) is 30.3 Å². The number of amides is 2. The summed E-state index contributed by atoms with van der Waals surface area (Å²) in [6, 6.07) is 37.3. The molecule has 0 radical (unpaired) electrons. The van der Waals surface area contributed by atoms with Crippen molar-refractivity contribution in [1.29, 1.82) is 0 Å². The van der Waals surface area contributed by atoms with Gasteiger partial charge in [-0.1, -0.05) is 78.3 Å². The molecule has 0 aliphatic rings. The minimum atomic E-state index is -4.03. The van der Waals surface area contributed by atoms with E-state index >= 15 is 0 Å². The van der Waals surface area contributed by atoms with E-state index in [1.165, 1.54) is 22.7 Å². The van der Waals surface area contributed by atoms with Gasteiger partial charge >= 0.3 is 0 Å². The first-order valence-electron chi connectivity index (χ1n) is 14.1. The highest BCUT2D eigenvalue weighted by Gasteiger charge is 2.28. The lowest BCUT2D eigenvalue weighted by atomic mass is 10.1. The number of hydrazone groups is 1. The van der Waals surface area contributed by atoms with Gasteiger partial charge in [-0.2, -0.15) is 5.10 Å². The molecule has 5 aromatic carbocycles. The molecule has 232 valence electrons. The highest BCUT2D eigenvalue weighted by molar-refractivity contribution is 7.92. The van der Waals surface area contributed by atoms with E-state index in [9.17, 15) is 18.0 Å². The number of benzene rings is 5. The molecule has 2 N–H and O–H groups in total. The predicted molar refractivity (Wildman–Crippen MR) is 180 cm³/mol. The number of nitrogens with one attached hydrogen (secondary N) is 2. The van der Waals surface area contributed by atoms with Gasteiger partial charge in [0.25, 0.3) is 21.8 Å². The summed E-state index contributed by atoms with van der Waals surface area (Å²) < 4.78 is 34.5. The summed E-state index contributed by atoms with van der Waals surface area (Å²) in [5.41, 5.74) is 4.82. The van der Waals surface area contributed by atoms with Gasteiger partial charge in [0.1, 0.15) is 5.75 Å². The summed E-state index contributed by atoms with van der Waals surface area (Å²) in [5, 5.41) is 7.29.